The second-order valence-electron chi connectivity index (χ2n) is 6.54. The van der Waals surface area contributed by atoms with E-state index < -0.39 is 0 Å². The van der Waals surface area contributed by atoms with Gasteiger partial charge in [-0.05, 0) is 51.2 Å². The van der Waals surface area contributed by atoms with Crippen molar-refractivity contribution in [2.75, 3.05) is 18.4 Å². The molecule has 1 aromatic carbocycles. The van der Waals surface area contributed by atoms with Crippen molar-refractivity contribution in [3.63, 3.8) is 0 Å². The Balaban J connectivity index is 1.82. The minimum atomic E-state index is -0.00231. The molecule has 0 spiro atoms. The molecule has 0 unspecified atom stereocenters. The van der Waals surface area contributed by atoms with E-state index in [1.165, 1.54) is 18.3 Å². The number of rotatable bonds is 3. The quantitative estimate of drug-likeness (QED) is 0.933. The summed E-state index contributed by atoms with van der Waals surface area (Å²) in [5, 5.41) is 3.34. The van der Waals surface area contributed by atoms with Gasteiger partial charge in [-0.3, -0.25) is 4.79 Å². The van der Waals surface area contributed by atoms with Crippen molar-refractivity contribution in [3.8, 4) is 0 Å². The molecule has 5 nitrogen and oxygen atoms in total. The second-order valence-corrected chi connectivity index (χ2v) is 6.54. The maximum atomic E-state index is 12.6. The van der Waals surface area contributed by atoms with E-state index in [-0.39, 0.29) is 5.91 Å². The van der Waals surface area contributed by atoms with E-state index in [4.69, 9.17) is 0 Å². The maximum absolute atomic E-state index is 12.6. The average molecular weight is 324 g/mol. The highest BCUT2D eigenvalue weighted by Gasteiger charge is 2.19. The third kappa shape index (κ3) is 3.55. The van der Waals surface area contributed by atoms with Crippen molar-refractivity contribution in [2.45, 2.75) is 40.0 Å². The Bertz CT molecular complexity index is 728. The molecule has 0 atom stereocenters. The van der Waals surface area contributed by atoms with Crippen LogP contribution in [0.4, 0.5) is 11.5 Å². The fraction of sp³-hybridized carbons (Fsp3) is 0.421. The molecule has 2 aromatic rings. The van der Waals surface area contributed by atoms with Gasteiger partial charge in [-0.25, -0.2) is 9.97 Å². The average Bonchev–Trinajstić information content (AvgIpc) is 2.58. The van der Waals surface area contributed by atoms with E-state index in [0.29, 0.717) is 11.5 Å². The van der Waals surface area contributed by atoms with Crippen LogP contribution in [0, 0.1) is 20.8 Å². The zero-order valence-electron chi connectivity index (χ0n) is 14.6. The topological polar surface area (TPSA) is 58.1 Å². The summed E-state index contributed by atoms with van der Waals surface area (Å²) < 4.78 is 0. The van der Waals surface area contributed by atoms with Crippen LogP contribution < -0.4 is 5.32 Å². The lowest BCUT2D eigenvalue weighted by atomic mass is 10.1. The minimum Gasteiger partial charge on any atom is -0.340 e. The van der Waals surface area contributed by atoms with E-state index in [1.54, 1.807) is 6.07 Å². The monoisotopic (exact) mass is 324 g/mol. The van der Waals surface area contributed by atoms with Gasteiger partial charge in [0.25, 0.3) is 5.91 Å². The summed E-state index contributed by atoms with van der Waals surface area (Å²) in [6, 6.07) is 6.02. The van der Waals surface area contributed by atoms with E-state index in [1.807, 2.05) is 4.90 Å². The lowest BCUT2D eigenvalue weighted by molar-refractivity contribution is 0.0718. The van der Waals surface area contributed by atoms with Crippen LogP contribution in [0.3, 0.4) is 0 Å². The minimum absolute atomic E-state index is 0.00231. The molecule has 1 amide bonds. The number of piperidine rings is 1. The number of carbonyl (C=O) groups is 1. The van der Waals surface area contributed by atoms with Crippen molar-refractivity contribution < 1.29 is 4.79 Å². The van der Waals surface area contributed by atoms with Gasteiger partial charge in [0.05, 0.1) is 0 Å². The van der Waals surface area contributed by atoms with Gasteiger partial charge in [-0.15, -0.1) is 0 Å². The smallest absolute Gasteiger partial charge is 0.272 e. The van der Waals surface area contributed by atoms with E-state index in [9.17, 15) is 4.79 Å². The Morgan fingerprint density at radius 3 is 2.33 bits per heavy atom. The number of likely N-dealkylation sites (tertiary alicyclic amines) is 1. The zero-order valence-corrected chi connectivity index (χ0v) is 14.6. The zero-order chi connectivity index (χ0) is 17.1. The highest BCUT2D eigenvalue weighted by Crippen LogP contribution is 2.25. The molecule has 0 radical (unpaired) electrons. The van der Waals surface area contributed by atoms with Crippen molar-refractivity contribution in [2.24, 2.45) is 0 Å². The number of aromatic nitrogens is 2. The maximum Gasteiger partial charge on any atom is 0.272 e. The first-order valence-electron chi connectivity index (χ1n) is 8.51. The summed E-state index contributed by atoms with van der Waals surface area (Å²) in [4.78, 5) is 22.9. The Morgan fingerprint density at radius 2 is 1.67 bits per heavy atom. The molecule has 2 heterocycles. The van der Waals surface area contributed by atoms with Gasteiger partial charge in [0, 0.05) is 24.8 Å². The van der Waals surface area contributed by atoms with Gasteiger partial charge in [-0.2, -0.15) is 0 Å². The molecule has 5 heteroatoms. The van der Waals surface area contributed by atoms with Crippen LogP contribution in [0.5, 0.6) is 0 Å². The number of anilines is 2. The molecule has 1 aliphatic rings. The number of amides is 1. The predicted octanol–water partition coefficient (Wildman–Crippen LogP) is 3.77. The van der Waals surface area contributed by atoms with Crippen LogP contribution in [0.2, 0.25) is 0 Å². The summed E-state index contributed by atoms with van der Waals surface area (Å²) in [6.45, 7) is 7.88. The number of aryl methyl sites for hydroxylation is 3. The fourth-order valence-electron chi connectivity index (χ4n) is 3.31. The number of carbonyl (C=O) groups excluding carboxylic acids is 1. The molecule has 24 heavy (non-hydrogen) atoms. The first kappa shape index (κ1) is 16.4. The second kappa shape index (κ2) is 6.99. The molecule has 1 aliphatic heterocycles. The SMILES string of the molecule is Cc1cc(C)c(Nc2cc(C(=O)N3CCCCC3)ncn2)c(C)c1. The van der Waals surface area contributed by atoms with Crippen LogP contribution in [0.15, 0.2) is 24.5 Å². The van der Waals surface area contributed by atoms with Gasteiger partial charge in [-0.1, -0.05) is 17.7 Å². The standard InChI is InChI=1S/C19H24N4O/c1-13-9-14(2)18(15(3)10-13)22-17-11-16(20-12-21-17)19(24)23-7-5-4-6-8-23/h9-12H,4-8H2,1-3H3,(H,20,21,22). The molecular weight excluding hydrogens is 300 g/mol. The van der Waals surface area contributed by atoms with Crippen molar-refractivity contribution >= 4 is 17.4 Å². The highest BCUT2D eigenvalue weighted by molar-refractivity contribution is 5.93. The number of nitrogens with zero attached hydrogens (tertiary/aromatic N) is 3. The number of nitrogens with one attached hydrogen (secondary N) is 1. The molecule has 1 aromatic heterocycles. The lowest BCUT2D eigenvalue weighted by Crippen LogP contribution is -2.36. The summed E-state index contributed by atoms with van der Waals surface area (Å²) >= 11 is 0. The largest absolute Gasteiger partial charge is 0.340 e. The first-order valence-corrected chi connectivity index (χ1v) is 8.51. The van der Waals surface area contributed by atoms with Crippen LogP contribution in [-0.2, 0) is 0 Å². The highest BCUT2D eigenvalue weighted by atomic mass is 16.2. The van der Waals surface area contributed by atoms with Crippen LogP contribution in [-0.4, -0.2) is 33.9 Å². The summed E-state index contributed by atoms with van der Waals surface area (Å²) in [5.74, 6) is 0.651. The Kier molecular flexibility index (Phi) is 4.79. The fourth-order valence-corrected chi connectivity index (χ4v) is 3.31. The molecule has 3 rings (SSSR count). The van der Waals surface area contributed by atoms with Gasteiger partial charge >= 0.3 is 0 Å². The van der Waals surface area contributed by atoms with E-state index >= 15 is 0 Å². The van der Waals surface area contributed by atoms with Gasteiger partial charge in [0.2, 0.25) is 0 Å². The number of benzene rings is 1. The predicted molar refractivity (Wildman–Crippen MR) is 95.7 cm³/mol. The van der Waals surface area contributed by atoms with Crippen molar-refractivity contribution in [3.05, 3.63) is 46.9 Å². The Morgan fingerprint density at radius 1 is 1.00 bits per heavy atom. The van der Waals surface area contributed by atoms with Crippen LogP contribution >= 0.6 is 0 Å². The third-order valence-corrected chi connectivity index (χ3v) is 4.46. The van der Waals surface area contributed by atoms with Crippen molar-refractivity contribution in [1.82, 2.24) is 14.9 Å². The third-order valence-electron chi connectivity index (χ3n) is 4.46. The van der Waals surface area contributed by atoms with E-state index in [0.717, 1.165) is 42.7 Å². The van der Waals surface area contributed by atoms with Crippen LogP contribution in [0.25, 0.3) is 0 Å². The van der Waals surface area contributed by atoms with Gasteiger partial charge < -0.3 is 10.2 Å². The Labute approximate surface area is 143 Å². The molecule has 1 fully saturated rings. The van der Waals surface area contributed by atoms with Gasteiger partial charge in [0.15, 0.2) is 0 Å². The number of hydrogen-bond acceptors (Lipinski definition) is 4. The lowest BCUT2D eigenvalue weighted by Gasteiger charge is -2.26. The summed E-state index contributed by atoms with van der Waals surface area (Å²) in [5.41, 5.74) is 5.05. The molecule has 126 valence electrons. The van der Waals surface area contributed by atoms with Crippen LogP contribution in [0.1, 0.15) is 46.4 Å². The summed E-state index contributed by atoms with van der Waals surface area (Å²) in [7, 11) is 0. The molecule has 1 N–H and O–H groups in total. The van der Waals surface area contributed by atoms with E-state index in [2.05, 4.69) is 48.2 Å². The molecule has 0 bridgehead atoms. The van der Waals surface area contributed by atoms with Gasteiger partial charge in [0.1, 0.15) is 17.8 Å². The normalized spacial score (nSPS) is 14.5. The Hall–Kier alpha value is -2.43. The molecule has 1 saturated heterocycles. The first-order chi connectivity index (χ1) is 11.5. The number of hydrogen-bond donors (Lipinski definition) is 1. The summed E-state index contributed by atoms with van der Waals surface area (Å²) in [6.07, 6.45) is 4.80. The molecular formula is C19H24N4O. The molecule has 0 saturated carbocycles. The molecule has 0 aliphatic carbocycles. The van der Waals surface area contributed by atoms with Crippen molar-refractivity contribution in [1.29, 1.82) is 0 Å².